The molecule has 2 heterocycles. The number of hydrogen-bond donors (Lipinski definition) is 1. The number of rotatable bonds is 4. The number of imide groups is 1. The SMILES string of the molecule is Cc1cc(NC(=O)CCN2C(=O)N(C)C3(CCCCC3)C2=O)no1. The molecule has 1 saturated carbocycles. The molecule has 0 bridgehead atoms. The van der Waals surface area contributed by atoms with Crippen molar-refractivity contribution in [3.05, 3.63) is 11.8 Å². The maximum absolute atomic E-state index is 12.8. The summed E-state index contributed by atoms with van der Waals surface area (Å²) >= 11 is 0. The van der Waals surface area contributed by atoms with Crippen molar-refractivity contribution in [3.63, 3.8) is 0 Å². The van der Waals surface area contributed by atoms with Gasteiger partial charge in [0.05, 0.1) is 0 Å². The smallest absolute Gasteiger partial charge is 0.327 e. The van der Waals surface area contributed by atoms with Gasteiger partial charge in [-0.25, -0.2) is 4.79 Å². The quantitative estimate of drug-likeness (QED) is 0.849. The second-order valence-corrected chi connectivity index (χ2v) is 6.51. The lowest BCUT2D eigenvalue weighted by molar-refractivity contribution is -0.134. The molecule has 0 atom stereocenters. The maximum atomic E-state index is 12.8. The highest BCUT2D eigenvalue weighted by Crippen LogP contribution is 2.39. The fourth-order valence-corrected chi connectivity index (χ4v) is 3.57. The molecule has 1 spiro atoms. The van der Waals surface area contributed by atoms with Crippen molar-refractivity contribution in [3.8, 4) is 0 Å². The molecule has 8 heteroatoms. The fourth-order valence-electron chi connectivity index (χ4n) is 3.57. The van der Waals surface area contributed by atoms with E-state index >= 15 is 0 Å². The summed E-state index contributed by atoms with van der Waals surface area (Å²) < 4.78 is 4.88. The molecule has 0 radical (unpaired) electrons. The highest BCUT2D eigenvalue weighted by atomic mass is 16.5. The maximum Gasteiger partial charge on any atom is 0.327 e. The number of urea groups is 1. The normalized spacial score (nSPS) is 20.1. The molecular weight excluding hydrogens is 312 g/mol. The molecule has 0 aromatic carbocycles. The van der Waals surface area contributed by atoms with Crippen LogP contribution >= 0.6 is 0 Å². The Kier molecular flexibility index (Phi) is 4.29. The van der Waals surface area contributed by atoms with Gasteiger partial charge in [0.25, 0.3) is 5.91 Å². The zero-order valence-electron chi connectivity index (χ0n) is 14.0. The van der Waals surface area contributed by atoms with Gasteiger partial charge in [-0.1, -0.05) is 24.4 Å². The molecule has 1 aliphatic heterocycles. The van der Waals surface area contributed by atoms with E-state index in [1.165, 1.54) is 4.90 Å². The van der Waals surface area contributed by atoms with Crippen LogP contribution in [0.5, 0.6) is 0 Å². The number of carbonyl (C=O) groups excluding carboxylic acids is 3. The average Bonchev–Trinajstić information content (AvgIpc) is 3.04. The molecule has 1 aliphatic carbocycles. The molecule has 1 N–H and O–H groups in total. The van der Waals surface area contributed by atoms with Crippen LogP contribution in [0.15, 0.2) is 10.6 Å². The predicted molar refractivity (Wildman–Crippen MR) is 85.2 cm³/mol. The second kappa shape index (κ2) is 6.26. The third-order valence-corrected chi connectivity index (χ3v) is 4.94. The van der Waals surface area contributed by atoms with Crippen LogP contribution in [0, 0.1) is 6.92 Å². The zero-order valence-corrected chi connectivity index (χ0v) is 14.0. The zero-order chi connectivity index (χ0) is 17.3. The summed E-state index contributed by atoms with van der Waals surface area (Å²) in [7, 11) is 1.68. The van der Waals surface area contributed by atoms with Crippen LogP contribution in [0.25, 0.3) is 0 Å². The molecule has 130 valence electrons. The summed E-state index contributed by atoms with van der Waals surface area (Å²) in [6.45, 7) is 1.80. The van der Waals surface area contributed by atoms with Crippen LogP contribution in [0.2, 0.25) is 0 Å². The van der Waals surface area contributed by atoms with Crippen molar-refractivity contribution < 1.29 is 18.9 Å². The summed E-state index contributed by atoms with van der Waals surface area (Å²) in [6, 6.07) is 1.29. The second-order valence-electron chi connectivity index (χ2n) is 6.51. The number of anilines is 1. The van der Waals surface area contributed by atoms with Crippen molar-refractivity contribution in [2.75, 3.05) is 18.9 Å². The Morgan fingerprint density at radius 1 is 1.33 bits per heavy atom. The molecule has 1 aromatic rings. The minimum Gasteiger partial charge on any atom is -0.360 e. The number of carbonyl (C=O) groups is 3. The van der Waals surface area contributed by atoms with Crippen LogP contribution in [-0.4, -0.2) is 51.9 Å². The van der Waals surface area contributed by atoms with E-state index in [2.05, 4.69) is 10.5 Å². The van der Waals surface area contributed by atoms with E-state index in [0.29, 0.717) is 24.4 Å². The van der Waals surface area contributed by atoms with E-state index in [1.54, 1.807) is 24.9 Å². The van der Waals surface area contributed by atoms with Gasteiger partial charge >= 0.3 is 6.03 Å². The van der Waals surface area contributed by atoms with E-state index in [4.69, 9.17) is 4.52 Å². The van der Waals surface area contributed by atoms with Crippen LogP contribution < -0.4 is 5.32 Å². The first-order valence-corrected chi connectivity index (χ1v) is 8.27. The number of nitrogens with one attached hydrogen (secondary N) is 1. The van der Waals surface area contributed by atoms with Gasteiger partial charge in [-0.05, 0) is 19.8 Å². The van der Waals surface area contributed by atoms with E-state index in [1.807, 2.05) is 0 Å². The van der Waals surface area contributed by atoms with E-state index < -0.39 is 5.54 Å². The lowest BCUT2D eigenvalue weighted by Gasteiger charge is -2.35. The molecular formula is C16H22N4O4. The molecule has 2 aliphatic rings. The third kappa shape index (κ3) is 2.76. The predicted octanol–water partition coefficient (Wildman–Crippen LogP) is 1.91. The van der Waals surface area contributed by atoms with E-state index in [0.717, 1.165) is 19.3 Å². The van der Waals surface area contributed by atoms with Gasteiger partial charge in [0.2, 0.25) is 5.91 Å². The van der Waals surface area contributed by atoms with Gasteiger partial charge in [0, 0.05) is 26.1 Å². The first-order chi connectivity index (χ1) is 11.4. The molecule has 8 nitrogen and oxygen atoms in total. The molecule has 2 fully saturated rings. The van der Waals surface area contributed by atoms with Crippen molar-refractivity contribution in [2.45, 2.75) is 51.0 Å². The molecule has 3 rings (SSSR count). The molecule has 0 unspecified atom stereocenters. The summed E-state index contributed by atoms with van der Waals surface area (Å²) in [5.74, 6) is 0.449. The number of amides is 4. The van der Waals surface area contributed by atoms with Crippen molar-refractivity contribution >= 4 is 23.7 Å². The largest absolute Gasteiger partial charge is 0.360 e. The van der Waals surface area contributed by atoms with Crippen LogP contribution in [-0.2, 0) is 9.59 Å². The lowest BCUT2D eigenvalue weighted by Crippen LogP contribution is -2.49. The fraction of sp³-hybridized carbons (Fsp3) is 0.625. The topological polar surface area (TPSA) is 95.8 Å². The van der Waals surface area contributed by atoms with Gasteiger partial charge in [-0.2, -0.15) is 0 Å². The first kappa shape index (κ1) is 16.5. The number of aryl methyl sites for hydroxylation is 1. The molecule has 24 heavy (non-hydrogen) atoms. The van der Waals surface area contributed by atoms with Gasteiger partial charge in [0.1, 0.15) is 11.3 Å². The van der Waals surface area contributed by atoms with Crippen LogP contribution in [0.3, 0.4) is 0 Å². The first-order valence-electron chi connectivity index (χ1n) is 8.27. The standard InChI is InChI=1S/C16H22N4O4/c1-11-10-12(18-24-11)17-13(21)6-9-20-14(22)16(19(2)15(20)23)7-4-3-5-8-16/h10H,3-9H2,1-2H3,(H,17,18,21). The average molecular weight is 334 g/mol. The highest BCUT2D eigenvalue weighted by Gasteiger charge is 2.55. The summed E-state index contributed by atoms with van der Waals surface area (Å²) in [4.78, 5) is 40.0. The van der Waals surface area contributed by atoms with Crippen molar-refractivity contribution in [2.24, 2.45) is 0 Å². The summed E-state index contributed by atoms with van der Waals surface area (Å²) in [6.07, 6.45) is 4.43. The minimum atomic E-state index is -0.699. The van der Waals surface area contributed by atoms with Gasteiger partial charge in [0.15, 0.2) is 5.82 Å². The Balaban J connectivity index is 1.61. The highest BCUT2D eigenvalue weighted by molar-refractivity contribution is 6.07. The number of hydrogen-bond acceptors (Lipinski definition) is 5. The number of aromatic nitrogens is 1. The third-order valence-electron chi connectivity index (χ3n) is 4.94. The molecule has 1 saturated heterocycles. The van der Waals surface area contributed by atoms with Crippen LogP contribution in [0.1, 0.15) is 44.3 Å². The number of nitrogens with zero attached hydrogens (tertiary/aromatic N) is 3. The van der Waals surface area contributed by atoms with Crippen LogP contribution in [0.4, 0.5) is 10.6 Å². The Morgan fingerprint density at radius 3 is 2.67 bits per heavy atom. The van der Waals surface area contributed by atoms with Gasteiger partial charge in [-0.15, -0.1) is 0 Å². The summed E-state index contributed by atoms with van der Waals surface area (Å²) in [5.41, 5.74) is -0.699. The van der Waals surface area contributed by atoms with E-state index in [9.17, 15) is 14.4 Å². The summed E-state index contributed by atoms with van der Waals surface area (Å²) in [5, 5.41) is 6.28. The monoisotopic (exact) mass is 334 g/mol. The Bertz CT molecular complexity index is 663. The lowest BCUT2D eigenvalue weighted by atomic mass is 9.81. The Hall–Kier alpha value is -2.38. The Morgan fingerprint density at radius 2 is 2.04 bits per heavy atom. The van der Waals surface area contributed by atoms with Gasteiger partial charge < -0.3 is 14.7 Å². The van der Waals surface area contributed by atoms with Crippen molar-refractivity contribution in [1.29, 1.82) is 0 Å². The van der Waals surface area contributed by atoms with Gasteiger partial charge in [-0.3, -0.25) is 14.5 Å². The van der Waals surface area contributed by atoms with E-state index in [-0.39, 0.29) is 30.8 Å². The molecule has 4 amide bonds. The minimum absolute atomic E-state index is 0.0350. The van der Waals surface area contributed by atoms with Crippen molar-refractivity contribution in [1.82, 2.24) is 15.0 Å². The molecule has 1 aromatic heterocycles. The Labute approximate surface area is 140 Å². The number of likely N-dealkylation sites (N-methyl/N-ethyl adjacent to an activating group) is 1.